The molecule has 118 valence electrons. The van der Waals surface area contributed by atoms with Crippen LogP contribution in [0.3, 0.4) is 0 Å². The highest BCUT2D eigenvalue weighted by atomic mass is 16.7. The molecule has 0 aromatic heterocycles. The lowest BCUT2D eigenvalue weighted by Gasteiger charge is -2.18. The molecular formula is C17H15NO5. The highest BCUT2D eigenvalue weighted by molar-refractivity contribution is 6.21. The minimum Gasteiger partial charge on any atom is -0.477 e. The summed E-state index contributed by atoms with van der Waals surface area (Å²) in [5.74, 6) is -1.91. The summed E-state index contributed by atoms with van der Waals surface area (Å²) in [5.41, 5.74) is 1.64. The topological polar surface area (TPSA) is 85.2 Å². The largest absolute Gasteiger partial charge is 0.477 e. The lowest BCUT2D eigenvalue weighted by Crippen LogP contribution is -2.16. The molecule has 2 aromatic rings. The van der Waals surface area contributed by atoms with Crippen LogP contribution in [0.25, 0.3) is 0 Å². The van der Waals surface area contributed by atoms with Crippen molar-refractivity contribution < 1.29 is 24.3 Å². The summed E-state index contributed by atoms with van der Waals surface area (Å²) in [5, 5.41) is 11.5. The number of oxime groups is 1. The van der Waals surface area contributed by atoms with E-state index in [1.165, 1.54) is 0 Å². The molecule has 6 nitrogen and oxygen atoms in total. The molecule has 2 aromatic carbocycles. The Bertz CT molecular complexity index is 630. The Hall–Kier alpha value is -3.15. The van der Waals surface area contributed by atoms with Crippen molar-refractivity contribution >= 4 is 18.2 Å². The van der Waals surface area contributed by atoms with E-state index in [9.17, 15) is 9.59 Å². The molecule has 0 saturated carbocycles. The van der Waals surface area contributed by atoms with Gasteiger partial charge in [-0.25, -0.2) is 9.59 Å². The molecule has 0 spiro atoms. The Labute approximate surface area is 133 Å². The maximum Gasteiger partial charge on any atom is 0.350 e. The van der Waals surface area contributed by atoms with Gasteiger partial charge in [-0.05, 0) is 11.1 Å². The van der Waals surface area contributed by atoms with Crippen LogP contribution in [0.5, 0.6) is 0 Å². The summed E-state index contributed by atoms with van der Waals surface area (Å²) in [6.45, 7) is -0.472. The van der Waals surface area contributed by atoms with Crippen molar-refractivity contribution in [1.82, 2.24) is 0 Å². The van der Waals surface area contributed by atoms with Gasteiger partial charge in [0.05, 0.1) is 0 Å². The number of carbonyl (C=O) groups excluding carboxylic acids is 1. The van der Waals surface area contributed by atoms with Gasteiger partial charge in [0.15, 0.2) is 12.3 Å². The van der Waals surface area contributed by atoms with E-state index in [-0.39, 0.29) is 0 Å². The summed E-state index contributed by atoms with van der Waals surface area (Å²) in [7, 11) is 0. The molecule has 2 rings (SSSR count). The van der Waals surface area contributed by atoms with Crippen LogP contribution in [-0.2, 0) is 19.2 Å². The maximum atomic E-state index is 11.9. The van der Waals surface area contributed by atoms with E-state index in [4.69, 9.17) is 9.84 Å². The Morgan fingerprint density at radius 2 is 1.52 bits per heavy atom. The quantitative estimate of drug-likeness (QED) is 0.482. The zero-order valence-electron chi connectivity index (χ0n) is 12.2. The molecule has 0 fully saturated rings. The second kappa shape index (κ2) is 8.33. The number of carboxylic acids is 1. The van der Waals surface area contributed by atoms with E-state index in [1.54, 1.807) is 0 Å². The standard InChI is InChI=1S/C17H15NO5/c19-15(20)11-18-22-12-16(21)23-17(13-7-3-1-4-8-13)14-9-5-2-6-10-14/h1-11,17H,12H2,(H,19,20). The first-order chi connectivity index (χ1) is 11.2. The fourth-order valence-corrected chi connectivity index (χ4v) is 1.92. The van der Waals surface area contributed by atoms with Crippen LogP contribution >= 0.6 is 0 Å². The number of carbonyl (C=O) groups is 2. The Morgan fingerprint density at radius 3 is 2.00 bits per heavy atom. The third-order valence-electron chi connectivity index (χ3n) is 2.87. The number of hydrogen-bond donors (Lipinski definition) is 1. The lowest BCUT2D eigenvalue weighted by atomic mass is 10.0. The van der Waals surface area contributed by atoms with E-state index in [0.717, 1.165) is 11.1 Å². The molecule has 0 bridgehead atoms. The first-order valence-electron chi connectivity index (χ1n) is 6.84. The van der Waals surface area contributed by atoms with E-state index < -0.39 is 24.6 Å². The molecular weight excluding hydrogens is 298 g/mol. The van der Waals surface area contributed by atoms with Crippen LogP contribution in [0.1, 0.15) is 17.2 Å². The van der Waals surface area contributed by atoms with E-state index in [0.29, 0.717) is 6.21 Å². The SMILES string of the molecule is O=C(O)C=NOCC(=O)OC(c1ccccc1)c1ccccc1. The Morgan fingerprint density at radius 1 is 1.00 bits per heavy atom. The van der Waals surface area contributed by atoms with Gasteiger partial charge in [0.1, 0.15) is 0 Å². The monoisotopic (exact) mass is 313 g/mol. The van der Waals surface area contributed by atoms with Gasteiger partial charge in [0.25, 0.3) is 0 Å². The van der Waals surface area contributed by atoms with Crippen molar-refractivity contribution in [3.63, 3.8) is 0 Å². The molecule has 0 unspecified atom stereocenters. The van der Waals surface area contributed by atoms with Crippen molar-refractivity contribution in [2.45, 2.75) is 6.10 Å². The molecule has 0 radical (unpaired) electrons. The van der Waals surface area contributed by atoms with Gasteiger partial charge in [0.2, 0.25) is 6.61 Å². The third kappa shape index (κ3) is 5.28. The third-order valence-corrected chi connectivity index (χ3v) is 2.87. The second-order valence-corrected chi connectivity index (χ2v) is 4.54. The minimum absolute atomic E-state index is 0.472. The van der Waals surface area contributed by atoms with Crippen molar-refractivity contribution in [2.75, 3.05) is 6.61 Å². The van der Waals surface area contributed by atoms with Gasteiger partial charge in [-0.15, -0.1) is 0 Å². The number of rotatable bonds is 7. The average Bonchev–Trinajstić information content (AvgIpc) is 2.58. The van der Waals surface area contributed by atoms with Crippen molar-refractivity contribution in [1.29, 1.82) is 0 Å². The van der Waals surface area contributed by atoms with Gasteiger partial charge in [-0.1, -0.05) is 65.8 Å². The molecule has 0 saturated heterocycles. The van der Waals surface area contributed by atoms with Crippen LogP contribution in [0.4, 0.5) is 0 Å². The lowest BCUT2D eigenvalue weighted by molar-refractivity contribution is -0.153. The van der Waals surface area contributed by atoms with Gasteiger partial charge < -0.3 is 14.7 Å². The normalized spacial score (nSPS) is 10.7. The molecule has 0 aliphatic heterocycles. The van der Waals surface area contributed by atoms with Crippen LogP contribution in [0.15, 0.2) is 65.8 Å². The van der Waals surface area contributed by atoms with Gasteiger partial charge in [-0.3, -0.25) is 0 Å². The summed E-state index contributed by atoms with van der Waals surface area (Å²) in [6, 6.07) is 18.6. The number of carboxylic acid groups (broad SMARTS) is 1. The van der Waals surface area contributed by atoms with Crippen LogP contribution < -0.4 is 0 Å². The van der Waals surface area contributed by atoms with E-state index in [1.807, 2.05) is 60.7 Å². The highest BCUT2D eigenvalue weighted by Crippen LogP contribution is 2.25. The van der Waals surface area contributed by atoms with Crippen molar-refractivity contribution in [3.05, 3.63) is 71.8 Å². The van der Waals surface area contributed by atoms with Crippen LogP contribution in [0, 0.1) is 0 Å². The maximum absolute atomic E-state index is 11.9. The number of aliphatic carboxylic acids is 1. The number of nitrogens with zero attached hydrogens (tertiary/aromatic N) is 1. The number of ether oxygens (including phenoxy) is 1. The van der Waals surface area contributed by atoms with Gasteiger partial charge >= 0.3 is 11.9 Å². The fraction of sp³-hybridized carbons (Fsp3) is 0.118. The number of benzene rings is 2. The average molecular weight is 313 g/mol. The van der Waals surface area contributed by atoms with E-state index in [2.05, 4.69) is 9.99 Å². The molecule has 0 aliphatic rings. The smallest absolute Gasteiger partial charge is 0.350 e. The first kappa shape index (κ1) is 16.2. The zero-order valence-corrected chi connectivity index (χ0v) is 12.2. The van der Waals surface area contributed by atoms with Gasteiger partial charge in [-0.2, -0.15) is 0 Å². The number of hydrogen-bond acceptors (Lipinski definition) is 5. The Balaban J connectivity index is 2.07. The summed E-state index contributed by atoms with van der Waals surface area (Å²) in [6.07, 6.45) is -0.0175. The highest BCUT2D eigenvalue weighted by Gasteiger charge is 2.19. The second-order valence-electron chi connectivity index (χ2n) is 4.54. The summed E-state index contributed by atoms with van der Waals surface area (Å²) >= 11 is 0. The Kier molecular flexibility index (Phi) is 5.88. The van der Waals surface area contributed by atoms with Crippen molar-refractivity contribution in [2.24, 2.45) is 5.16 Å². The summed E-state index contributed by atoms with van der Waals surface area (Å²) < 4.78 is 5.44. The predicted octanol–water partition coefficient (Wildman–Crippen LogP) is 2.41. The fourth-order valence-electron chi connectivity index (χ4n) is 1.92. The number of esters is 1. The predicted molar refractivity (Wildman–Crippen MR) is 82.9 cm³/mol. The minimum atomic E-state index is -1.26. The van der Waals surface area contributed by atoms with E-state index >= 15 is 0 Å². The molecule has 6 heteroatoms. The van der Waals surface area contributed by atoms with Gasteiger partial charge in [0, 0.05) is 0 Å². The molecule has 23 heavy (non-hydrogen) atoms. The molecule has 0 heterocycles. The summed E-state index contributed by atoms with van der Waals surface area (Å²) in [4.78, 5) is 26.7. The van der Waals surface area contributed by atoms with Crippen molar-refractivity contribution in [3.8, 4) is 0 Å². The van der Waals surface area contributed by atoms with Crippen LogP contribution in [0.2, 0.25) is 0 Å². The molecule has 0 atom stereocenters. The van der Waals surface area contributed by atoms with Crippen LogP contribution in [-0.4, -0.2) is 29.9 Å². The molecule has 0 amide bonds. The first-order valence-corrected chi connectivity index (χ1v) is 6.84. The zero-order chi connectivity index (χ0) is 16.5. The molecule has 0 aliphatic carbocycles. The molecule has 1 N–H and O–H groups in total.